The van der Waals surface area contributed by atoms with E-state index in [-0.39, 0.29) is 11.9 Å². The van der Waals surface area contributed by atoms with Gasteiger partial charge in [-0.3, -0.25) is 4.79 Å². The second-order valence-electron chi connectivity index (χ2n) is 8.34. The van der Waals surface area contributed by atoms with E-state index in [1.807, 2.05) is 45.0 Å². The zero-order chi connectivity index (χ0) is 20.8. The fraction of sp³-hybridized carbons (Fsp3) is 0.480. The zero-order valence-corrected chi connectivity index (χ0v) is 18.2. The van der Waals surface area contributed by atoms with E-state index in [2.05, 4.69) is 41.4 Å². The first-order valence-electron chi connectivity index (χ1n) is 10.8. The Bertz CT molecular complexity index is 785. The topological polar surface area (TPSA) is 41.6 Å². The van der Waals surface area contributed by atoms with Crippen molar-refractivity contribution in [1.82, 2.24) is 5.32 Å². The van der Waals surface area contributed by atoms with E-state index in [4.69, 9.17) is 4.74 Å². The van der Waals surface area contributed by atoms with Crippen molar-refractivity contribution in [2.45, 2.75) is 59.1 Å². The van der Waals surface area contributed by atoms with E-state index in [0.717, 1.165) is 30.3 Å². The number of amides is 1. The normalized spacial score (nSPS) is 18.8. The summed E-state index contributed by atoms with van der Waals surface area (Å²) < 4.78 is 5.91. The lowest BCUT2D eigenvalue weighted by Crippen LogP contribution is -2.39. The average Bonchev–Trinajstić information content (AvgIpc) is 2.73. The molecule has 2 aromatic carbocycles. The largest absolute Gasteiger partial charge is 0.481 e. The molecule has 1 amide bonds. The number of anilines is 1. The van der Waals surface area contributed by atoms with Gasteiger partial charge in [0, 0.05) is 18.8 Å². The molecule has 0 bridgehead atoms. The number of ether oxygens (including phenoxy) is 1. The van der Waals surface area contributed by atoms with E-state index in [1.54, 1.807) is 0 Å². The van der Waals surface area contributed by atoms with Crippen LogP contribution in [0.25, 0.3) is 0 Å². The van der Waals surface area contributed by atoms with Gasteiger partial charge in [-0.15, -0.1) is 0 Å². The lowest BCUT2D eigenvalue weighted by Gasteiger charge is -2.33. The van der Waals surface area contributed by atoms with Crippen LogP contribution in [0.5, 0.6) is 5.75 Å². The first kappa shape index (κ1) is 21.2. The van der Waals surface area contributed by atoms with Gasteiger partial charge in [-0.05, 0) is 68.9 Å². The highest BCUT2D eigenvalue weighted by atomic mass is 16.5. The zero-order valence-electron chi connectivity index (χ0n) is 18.2. The van der Waals surface area contributed by atoms with Crippen molar-refractivity contribution in [1.29, 1.82) is 0 Å². The monoisotopic (exact) mass is 394 g/mol. The predicted molar refractivity (Wildman–Crippen MR) is 119 cm³/mol. The van der Waals surface area contributed by atoms with Gasteiger partial charge in [-0.25, -0.2) is 0 Å². The molecule has 3 rings (SSSR count). The fourth-order valence-corrected chi connectivity index (χ4v) is 3.89. The summed E-state index contributed by atoms with van der Waals surface area (Å²) in [4.78, 5) is 15.2. The molecule has 0 aromatic heterocycles. The van der Waals surface area contributed by atoms with Crippen molar-refractivity contribution in [3.8, 4) is 5.75 Å². The molecule has 0 aliphatic carbocycles. The molecular formula is C25H34N2O2. The fourth-order valence-electron chi connectivity index (χ4n) is 3.89. The minimum Gasteiger partial charge on any atom is -0.481 e. The number of carbonyl (C=O) groups is 1. The summed E-state index contributed by atoms with van der Waals surface area (Å²) in [5, 5.41) is 3.11. The van der Waals surface area contributed by atoms with Crippen molar-refractivity contribution in [3.05, 3.63) is 59.7 Å². The molecule has 3 atom stereocenters. The average molecular weight is 395 g/mol. The summed E-state index contributed by atoms with van der Waals surface area (Å²) in [7, 11) is 0. The smallest absolute Gasteiger partial charge is 0.261 e. The molecule has 29 heavy (non-hydrogen) atoms. The second-order valence-corrected chi connectivity index (χ2v) is 8.34. The number of carbonyl (C=O) groups excluding carboxylic acids is 1. The molecule has 0 spiro atoms. The van der Waals surface area contributed by atoms with E-state index in [9.17, 15) is 4.79 Å². The molecule has 1 aliphatic rings. The van der Waals surface area contributed by atoms with Crippen LogP contribution in [-0.4, -0.2) is 25.1 Å². The van der Waals surface area contributed by atoms with Crippen molar-refractivity contribution in [2.75, 3.05) is 18.0 Å². The van der Waals surface area contributed by atoms with Crippen molar-refractivity contribution >= 4 is 11.6 Å². The van der Waals surface area contributed by atoms with Crippen LogP contribution >= 0.6 is 0 Å². The highest BCUT2D eigenvalue weighted by molar-refractivity contribution is 5.81. The quantitative estimate of drug-likeness (QED) is 0.696. The van der Waals surface area contributed by atoms with Crippen LogP contribution in [0, 0.1) is 12.8 Å². The lowest BCUT2D eigenvalue weighted by molar-refractivity contribution is -0.128. The summed E-state index contributed by atoms with van der Waals surface area (Å²) in [6.07, 6.45) is 2.71. The third-order valence-electron chi connectivity index (χ3n) is 5.74. The highest BCUT2D eigenvalue weighted by Gasteiger charge is 2.21. The van der Waals surface area contributed by atoms with Crippen LogP contribution in [0.3, 0.4) is 0 Å². The Hall–Kier alpha value is -2.49. The SMILES string of the molecule is CC[C@H](Oc1ccc(C)cc1)C(=O)N[C@H](C)c1ccc(N2CCC[C@@H](C)C2)cc1. The van der Waals surface area contributed by atoms with Crippen molar-refractivity contribution in [3.63, 3.8) is 0 Å². The Morgan fingerprint density at radius 2 is 1.86 bits per heavy atom. The molecule has 4 nitrogen and oxygen atoms in total. The number of benzene rings is 2. The third-order valence-corrected chi connectivity index (χ3v) is 5.74. The number of nitrogens with one attached hydrogen (secondary N) is 1. The maximum atomic E-state index is 12.7. The Morgan fingerprint density at radius 1 is 1.17 bits per heavy atom. The molecular weight excluding hydrogens is 360 g/mol. The van der Waals surface area contributed by atoms with Crippen LogP contribution in [0.2, 0.25) is 0 Å². The summed E-state index contributed by atoms with van der Waals surface area (Å²) in [6.45, 7) is 10.6. The molecule has 156 valence electrons. The van der Waals surface area contributed by atoms with Crippen LogP contribution in [0.15, 0.2) is 48.5 Å². The van der Waals surface area contributed by atoms with Gasteiger partial charge in [0.1, 0.15) is 5.75 Å². The predicted octanol–water partition coefficient (Wildman–Crippen LogP) is 5.27. The molecule has 1 fully saturated rings. The minimum atomic E-state index is -0.491. The first-order valence-corrected chi connectivity index (χ1v) is 10.8. The number of hydrogen-bond acceptors (Lipinski definition) is 3. The Kier molecular flexibility index (Phi) is 7.18. The van der Waals surface area contributed by atoms with E-state index < -0.39 is 6.10 Å². The van der Waals surface area contributed by atoms with Gasteiger partial charge in [-0.2, -0.15) is 0 Å². The highest BCUT2D eigenvalue weighted by Crippen LogP contribution is 2.25. The standard InChI is InChI=1S/C25H34N2O2/c1-5-24(29-23-14-8-18(2)9-15-23)25(28)26-20(4)21-10-12-22(13-11-21)27-16-6-7-19(3)17-27/h8-15,19-20,24H,5-7,16-17H2,1-4H3,(H,26,28)/t19-,20-,24+/m1/s1. The van der Waals surface area contributed by atoms with Crippen molar-refractivity contribution in [2.24, 2.45) is 5.92 Å². The Balaban J connectivity index is 1.58. The summed E-state index contributed by atoms with van der Waals surface area (Å²) in [5.41, 5.74) is 3.55. The van der Waals surface area contributed by atoms with Gasteiger partial charge >= 0.3 is 0 Å². The molecule has 0 unspecified atom stereocenters. The number of hydrogen-bond donors (Lipinski definition) is 1. The van der Waals surface area contributed by atoms with Gasteiger partial charge in [-0.1, -0.05) is 43.7 Å². The van der Waals surface area contributed by atoms with E-state index >= 15 is 0 Å². The third kappa shape index (κ3) is 5.75. The van der Waals surface area contributed by atoms with Gasteiger partial charge in [0.25, 0.3) is 5.91 Å². The van der Waals surface area contributed by atoms with Gasteiger partial charge in [0.15, 0.2) is 6.10 Å². The molecule has 0 radical (unpaired) electrons. The molecule has 1 N–H and O–H groups in total. The summed E-state index contributed by atoms with van der Waals surface area (Å²) >= 11 is 0. The molecule has 0 saturated carbocycles. The van der Waals surface area contributed by atoms with Crippen LogP contribution < -0.4 is 15.0 Å². The minimum absolute atomic E-state index is 0.0625. The summed E-state index contributed by atoms with van der Waals surface area (Å²) in [6, 6.07) is 16.4. The van der Waals surface area contributed by atoms with Crippen LogP contribution in [0.1, 0.15) is 57.2 Å². The lowest BCUT2D eigenvalue weighted by atomic mass is 9.99. The second kappa shape index (κ2) is 9.82. The molecule has 1 heterocycles. The number of nitrogens with zero attached hydrogens (tertiary/aromatic N) is 1. The maximum Gasteiger partial charge on any atom is 0.261 e. The molecule has 4 heteroatoms. The maximum absolute atomic E-state index is 12.7. The number of piperidine rings is 1. The molecule has 1 aliphatic heterocycles. The Morgan fingerprint density at radius 3 is 2.48 bits per heavy atom. The molecule has 2 aromatic rings. The van der Waals surface area contributed by atoms with Gasteiger partial charge < -0.3 is 15.0 Å². The van der Waals surface area contributed by atoms with Gasteiger partial charge in [0.05, 0.1) is 6.04 Å². The number of rotatable bonds is 7. The van der Waals surface area contributed by atoms with Crippen LogP contribution in [-0.2, 0) is 4.79 Å². The van der Waals surface area contributed by atoms with Crippen LogP contribution in [0.4, 0.5) is 5.69 Å². The summed E-state index contributed by atoms with van der Waals surface area (Å²) in [5.74, 6) is 1.40. The molecule has 1 saturated heterocycles. The Labute approximate surface area is 175 Å². The van der Waals surface area contributed by atoms with Crippen molar-refractivity contribution < 1.29 is 9.53 Å². The number of aryl methyl sites for hydroxylation is 1. The first-order chi connectivity index (χ1) is 14.0. The van der Waals surface area contributed by atoms with E-state index in [0.29, 0.717) is 6.42 Å². The van der Waals surface area contributed by atoms with Gasteiger partial charge in [0.2, 0.25) is 0 Å². The van der Waals surface area contributed by atoms with E-state index in [1.165, 1.54) is 24.1 Å².